The molecule has 0 saturated heterocycles. The van der Waals surface area contributed by atoms with E-state index < -0.39 is 0 Å². The van der Waals surface area contributed by atoms with Crippen molar-refractivity contribution in [3.63, 3.8) is 0 Å². The van der Waals surface area contributed by atoms with Crippen molar-refractivity contribution in [2.24, 2.45) is 5.10 Å². The molecule has 0 saturated carbocycles. The number of aryl methyl sites for hydroxylation is 1. The van der Waals surface area contributed by atoms with Crippen molar-refractivity contribution >= 4 is 47.4 Å². The maximum absolute atomic E-state index is 12.1. The van der Waals surface area contributed by atoms with Gasteiger partial charge in [-0.2, -0.15) is 5.10 Å². The molecule has 0 heterocycles. The van der Waals surface area contributed by atoms with Crippen molar-refractivity contribution in [3.8, 4) is 0 Å². The van der Waals surface area contributed by atoms with E-state index in [-0.39, 0.29) is 5.91 Å². The lowest BCUT2D eigenvalue weighted by Gasteiger charge is -2.17. The Hall–Kier alpha value is -3.19. The SMILES string of the molecule is CC(=O)N(/N=C\c1ccccc1)c1cc(Cl)c(Cc2ccc(C)cc2)c(Cl)c1.COCNC=O. The normalized spacial score (nSPS) is 10.4. The van der Waals surface area contributed by atoms with Crippen LogP contribution in [0, 0.1) is 6.92 Å². The standard InChI is InChI=1S/C23H20Cl2N2O.C3H7NO2/c1-16-8-10-18(11-9-16)12-21-22(24)13-20(14-23(21)25)27(17(2)28)26-15-19-6-4-3-5-7-19;1-6-3-4-2-5/h3-11,13-15H,12H2,1-2H3;2H,3H2,1H3,(H,4,5)/b26-15-;. The number of amides is 2. The Bertz CT molecular complexity index is 1080. The predicted octanol–water partition coefficient (Wildman–Crippen LogP) is 5.62. The van der Waals surface area contributed by atoms with Gasteiger partial charge in [-0.1, -0.05) is 83.4 Å². The number of anilines is 1. The van der Waals surface area contributed by atoms with Crippen LogP contribution in [0.3, 0.4) is 0 Å². The topological polar surface area (TPSA) is 71.0 Å². The molecular weight excluding hydrogens is 473 g/mol. The second-order valence-electron chi connectivity index (χ2n) is 7.29. The van der Waals surface area contributed by atoms with Crippen LogP contribution in [0.25, 0.3) is 0 Å². The van der Waals surface area contributed by atoms with Gasteiger partial charge >= 0.3 is 0 Å². The first-order chi connectivity index (χ1) is 16.3. The molecule has 178 valence electrons. The molecule has 6 nitrogen and oxygen atoms in total. The fraction of sp³-hybridized carbons (Fsp3) is 0.192. The van der Waals surface area contributed by atoms with E-state index in [9.17, 15) is 9.59 Å². The van der Waals surface area contributed by atoms with Gasteiger partial charge in [0.15, 0.2) is 0 Å². The van der Waals surface area contributed by atoms with E-state index >= 15 is 0 Å². The number of benzene rings is 3. The fourth-order valence-electron chi connectivity index (χ4n) is 2.90. The zero-order valence-electron chi connectivity index (χ0n) is 19.3. The molecule has 0 aliphatic heterocycles. The number of ether oxygens (including phenoxy) is 1. The van der Waals surface area contributed by atoms with Gasteiger partial charge in [0.25, 0.3) is 0 Å². The second kappa shape index (κ2) is 14.2. The zero-order valence-corrected chi connectivity index (χ0v) is 20.8. The van der Waals surface area contributed by atoms with Crippen LogP contribution in [0.15, 0.2) is 71.8 Å². The summed E-state index contributed by atoms with van der Waals surface area (Å²) in [6.07, 6.45) is 2.83. The molecule has 0 bridgehead atoms. The molecule has 0 aliphatic rings. The number of hydrazone groups is 1. The van der Waals surface area contributed by atoms with E-state index in [0.717, 1.165) is 16.7 Å². The number of rotatable bonds is 8. The molecule has 8 heteroatoms. The first kappa shape index (κ1) is 27.1. The summed E-state index contributed by atoms with van der Waals surface area (Å²) in [5.41, 5.74) is 4.56. The van der Waals surface area contributed by atoms with Crippen LogP contribution < -0.4 is 10.3 Å². The van der Waals surface area contributed by atoms with E-state index in [1.807, 2.05) is 37.3 Å². The average molecular weight is 500 g/mol. The summed E-state index contributed by atoms with van der Waals surface area (Å²) >= 11 is 13.0. The lowest BCUT2D eigenvalue weighted by molar-refractivity contribution is -0.116. The summed E-state index contributed by atoms with van der Waals surface area (Å²) in [5, 5.41) is 8.91. The van der Waals surface area contributed by atoms with Gasteiger partial charge in [-0.3, -0.25) is 9.59 Å². The summed E-state index contributed by atoms with van der Waals surface area (Å²) in [5.74, 6) is -0.231. The summed E-state index contributed by atoms with van der Waals surface area (Å²) < 4.78 is 4.44. The van der Waals surface area contributed by atoms with Gasteiger partial charge in [0, 0.05) is 30.5 Å². The Labute approximate surface area is 210 Å². The molecule has 3 aromatic rings. The third-order valence-corrected chi connectivity index (χ3v) is 5.28. The molecule has 1 N–H and O–H groups in total. The number of carbonyl (C=O) groups is 2. The fourth-order valence-corrected chi connectivity index (χ4v) is 3.51. The molecule has 0 radical (unpaired) electrons. The van der Waals surface area contributed by atoms with Gasteiger partial charge in [-0.25, -0.2) is 5.01 Å². The zero-order chi connectivity index (χ0) is 24.9. The van der Waals surface area contributed by atoms with Crippen LogP contribution >= 0.6 is 23.2 Å². The van der Waals surface area contributed by atoms with E-state index in [2.05, 4.69) is 39.4 Å². The highest BCUT2D eigenvalue weighted by atomic mass is 35.5. The highest BCUT2D eigenvalue weighted by Crippen LogP contribution is 2.33. The van der Waals surface area contributed by atoms with Crippen molar-refractivity contribution in [1.29, 1.82) is 0 Å². The number of carbonyl (C=O) groups excluding carboxylic acids is 2. The average Bonchev–Trinajstić information content (AvgIpc) is 2.82. The van der Waals surface area contributed by atoms with E-state index in [1.54, 1.807) is 18.3 Å². The van der Waals surface area contributed by atoms with Crippen molar-refractivity contribution in [1.82, 2.24) is 5.32 Å². The first-order valence-corrected chi connectivity index (χ1v) is 11.2. The quantitative estimate of drug-likeness (QED) is 0.144. The van der Waals surface area contributed by atoms with E-state index in [4.69, 9.17) is 23.2 Å². The molecule has 2 amide bonds. The Morgan fingerprint density at radius 1 is 1.06 bits per heavy atom. The van der Waals surface area contributed by atoms with Gasteiger partial charge in [0.2, 0.25) is 12.3 Å². The summed E-state index contributed by atoms with van der Waals surface area (Å²) in [4.78, 5) is 21.5. The van der Waals surface area contributed by atoms with Crippen LogP contribution in [-0.4, -0.2) is 32.4 Å². The Morgan fingerprint density at radius 2 is 1.68 bits per heavy atom. The predicted molar refractivity (Wildman–Crippen MR) is 139 cm³/mol. The monoisotopic (exact) mass is 499 g/mol. The first-order valence-electron chi connectivity index (χ1n) is 10.4. The summed E-state index contributed by atoms with van der Waals surface area (Å²) in [6.45, 7) is 3.79. The lowest BCUT2D eigenvalue weighted by atomic mass is 10.0. The van der Waals surface area contributed by atoms with Crippen molar-refractivity contribution in [2.75, 3.05) is 18.8 Å². The Balaban J connectivity index is 0.000000604. The van der Waals surface area contributed by atoms with Crippen molar-refractivity contribution in [2.45, 2.75) is 20.3 Å². The molecule has 0 spiro atoms. The summed E-state index contributed by atoms with van der Waals surface area (Å²) in [6, 6.07) is 21.2. The van der Waals surface area contributed by atoms with Crippen LogP contribution in [0.2, 0.25) is 10.0 Å². The molecule has 3 aromatic carbocycles. The number of hydrogen-bond acceptors (Lipinski definition) is 4. The van der Waals surface area contributed by atoms with Gasteiger partial charge in [-0.05, 0) is 35.7 Å². The number of methoxy groups -OCH3 is 1. The molecule has 34 heavy (non-hydrogen) atoms. The van der Waals surface area contributed by atoms with Crippen LogP contribution in [0.4, 0.5) is 5.69 Å². The number of nitrogens with one attached hydrogen (secondary N) is 1. The maximum atomic E-state index is 12.1. The molecule has 0 unspecified atom stereocenters. The van der Waals surface area contributed by atoms with E-state index in [0.29, 0.717) is 35.3 Å². The smallest absolute Gasteiger partial charge is 0.244 e. The minimum absolute atomic E-state index is 0.231. The molecule has 3 rings (SSSR count). The number of nitrogens with zero attached hydrogens (tertiary/aromatic N) is 2. The highest BCUT2D eigenvalue weighted by Gasteiger charge is 2.16. The lowest BCUT2D eigenvalue weighted by Crippen LogP contribution is -2.22. The minimum atomic E-state index is -0.231. The second-order valence-corrected chi connectivity index (χ2v) is 8.11. The van der Waals surface area contributed by atoms with Gasteiger partial charge in [-0.15, -0.1) is 0 Å². The van der Waals surface area contributed by atoms with E-state index in [1.165, 1.54) is 24.6 Å². The Morgan fingerprint density at radius 3 is 2.18 bits per heavy atom. The largest absolute Gasteiger partial charge is 0.365 e. The van der Waals surface area contributed by atoms with Crippen molar-refractivity contribution in [3.05, 3.63) is 99.0 Å². The third kappa shape index (κ3) is 8.63. The number of halogens is 2. The molecular formula is C26H27Cl2N3O3. The van der Waals surface area contributed by atoms with Crippen molar-refractivity contribution < 1.29 is 14.3 Å². The van der Waals surface area contributed by atoms with Crippen LogP contribution in [-0.2, 0) is 20.7 Å². The third-order valence-electron chi connectivity index (χ3n) is 4.60. The molecule has 0 aromatic heterocycles. The van der Waals surface area contributed by atoms with Gasteiger partial charge in [0.05, 0.1) is 11.9 Å². The minimum Gasteiger partial charge on any atom is -0.365 e. The number of hydrogen-bond donors (Lipinski definition) is 1. The Kier molecular flexibility index (Phi) is 11.3. The van der Waals surface area contributed by atoms with Crippen LogP contribution in [0.1, 0.15) is 29.2 Å². The molecule has 0 aliphatic carbocycles. The van der Waals surface area contributed by atoms with Crippen LogP contribution in [0.5, 0.6) is 0 Å². The summed E-state index contributed by atoms with van der Waals surface area (Å²) in [7, 11) is 1.51. The maximum Gasteiger partial charge on any atom is 0.244 e. The van der Waals surface area contributed by atoms with Gasteiger partial charge in [0.1, 0.15) is 6.73 Å². The highest BCUT2D eigenvalue weighted by molar-refractivity contribution is 6.36. The molecule has 0 fully saturated rings. The molecule has 0 atom stereocenters. The van der Waals surface area contributed by atoms with Gasteiger partial charge < -0.3 is 10.1 Å².